The molecule has 0 amide bonds. The number of benzene rings is 1. The first-order valence-electron chi connectivity index (χ1n) is 5.90. The lowest BCUT2D eigenvalue weighted by molar-refractivity contribution is -0.165. The molecule has 1 heterocycles. The lowest BCUT2D eigenvalue weighted by atomic mass is 9.95. The highest BCUT2D eigenvalue weighted by atomic mass is 19.2. The molecule has 104 valence electrons. The molecule has 19 heavy (non-hydrogen) atoms. The first kappa shape index (κ1) is 13.9. The maximum absolute atomic E-state index is 13.0. The van der Waals surface area contributed by atoms with E-state index in [9.17, 15) is 13.6 Å². The van der Waals surface area contributed by atoms with E-state index >= 15 is 0 Å². The largest absolute Gasteiger partial charge is 0.480 e. The Hall–Kier alpha value is -1.53. The van der Waals surface area contributed by atoms with Crippen molar-refractivity contribution in [2.75, 3.05) is 19.7 Å². The summed E-state index contributed by atoms with van der Waals surface area (Å²) in [6.07, 6.45) is 0. The summed E-state index contributed by atoms with van der Waals surface area (Å²) in [5.74, 6) is -2.72. The van der Waals surface area contributed by atoms with Gasteiger partial charge in [-0.05, 0) is 24.6 Å². The number of ether oxygens (including phenoxy) is 1. The van der Waals surface area contributed by atoms with Gasteiger partial charge in [0.1, 0.15) is 6.61 Å². The molecule has 0 saturated carbocycles. The Kier molecular flexibility index (Phi) is 3.82. The van der Waals surface area contributed by atoms with Crippen molar-refractivity contribution in [3.8, 4) is 0 Å². The van der Waals surface area contributed by atoms with Crippen LogP contribution in [-0.4, -0.2) is 41.3 Å². The molecule has 6 heteroatoms. The van der Waals surface area contributed by atoms with Gasteiger partial charge in [0.2, 0.25) is 0 Å². The summed E-state index contributed by atoms with van der Waals surface area (Å²) in [6.45, 7) is 3.13. The Morgan fingerprint density at radius 2 is 2.11 bits per heavy atom. The van der Waals surface area contributed by atoms with Crippen molar-refractivity contribution in [1.82, 2.24) is 4.90 Å². The molecule has 1 aliphatic rings. The van der Waals surface area contributed by atoms with Gasteiger partial charge in [0, 0.05) is 19.6 Å². The van der Waals surface area contributed by atoms with Crippen LogP contribution >= 0.6 is 0 Å². The average molecular weight is 271 g/mol. The van der Waals surface area contributed by atoms with E-state index in [1.54, 1.807) is 0 Å². The molecule has 1 aliphatic heterocycles. The standard InChI is InChI=1S/C13H15F2NO3/c1-13(19-6-12(17)18)7-16(8-13)5-9-2-3-10(14)11(15)4-9/h2-4H,5-8H2,1H3,(H,17,18). The number of carbonyl (C=O) groups is 1. The monoisotopic (exact) mass is 271 g/mol. The minimum atomic E-state index is -1.000. The summed E-state index contributed by atoms with van der Waals surface area (Å²) in [4.78, 5) is 12.4. The Labute approximate surface area is 109 Å². The highest BCUT2D eigenvalue weighted by molar-refractivity contribution is 5.68. The number of halogens is 2. The van der Waals surface area contributed by atoms with Crippen molar-refractivity contribution in [3.63, 3.8) is 0 Å². The fourth-order valence-electron chi connectivity index (χ4n) is 2.23. The third-order valence-electron chi connectivity index (χ3n) is 3.05. The van der Waals surface area contributed by atoms with Crippen molar-refractivity contribution in [2.24, 2.45) is 0 Å². The quantitative estimate of drug-likeness (QED) is 0.884. The molecule has 1 aromatic carbocycles. The van der Waals surface area contributed by atoms with Gasteiger partial charge in [-0.1, -0.05) is 6.07 Å². The normalized spacial score (nSPS) is 18.1. The number of hydrogen-bond donors (Lipinski definition) is 1. The second-order valence-corrected chi connectivity index (χ2v) is 5.03. The maximum Gasteiger partial charge on any atom is 0.329 e. The first-order chi connectivity index (χ1) is 8.88. The smallest absolute Gasteiger partial charge is 0.329 e. The summed E-state index contributed by atoms with van der Waals surface area (Å²) in [5.41, 5.74) is 0.205. The number of aliphatic carboxylic acids is 1. The van der Waals surface area contributed by atoms with Gasteiger partial charge in [0.05, 0.1) is 5.60 Å². The number of carboxylic acids is 1. The summed E-state index contributed by atoms with van der Waals surface area (Å²) in [5, 5.41) is 8.54. The van der Waals surface area contributed by atoms with Crippen LogP contribution in [-0.2, 0) is 16.1 Å². The van der Waals surface area contributed by atoms with E-state index < -0.39 is 23.2 Å². The number of carboxylic acid groups (broad SMARTS) is 1. The predicted octanol–water partition coefficient (Wildman–Crippen LogP) is 1.64. The first-order valence-corrected chi connectivity index (χ1v) is 5.90. The van der Waals surface area contributed by atoms with Crippen LogP contribution in [0.3, 0.4) is 0 Å². The molecule has 0 bridgehead atoms. The molecule has 0 spiro atoms. The third kappa shape index (κ3) is 3.48. The summed E-state index contributed by atoms with van der Waals surface area (Å²) in [6, 6.07) is 3.81. The van der Waals surface area contributed by atoms with Crippen molar-refractivity contribution < 1.29 is 23.4 Å². The molecule has 1 N–H and O–H groups in total. The Morgan fingerprint density at radius 3 is 2.68 bits per heavy atom. The van der Waals surface area contributed by atoms with E-state index in [0.717, 1.165) is 6.07 Å². The van der Waals surface area contributed by atoms with Gasteiger partial charge < -0.3 is 9.84 Å². The highest BCUT2D eigenvalue weighted by Crippen LogP contribution is 2.26. The molecule has 0 radical (unpaired) electrons. The van der Waals surface area contributed by atoms with Gasteiger partial charge >= 0.3 is 5.97 Å². The molecular weight excluding hydrogens is 256 g/mol. The van der Waals surface area contributed by atoms with Gasteiger partial charge in [0.25, 0.3) is 0 Å². The van der Waals surface area contributed by atoms with Gasteiger partial charge in [-0.2, -0.15) is 0 Å². The topological polar surface area (TPSA) is 49.8 Å². The molecule has 0 aliphatic carbocycles. The zero-order valence-electron chi connectivity index (χ0n) is 10.5. The Bertz CT molecular complexity index is 487. The van der Waals surface area contributed by atoms with Crippen molar-refractivity contribution in [2.45, 2.75) is 19.1 Å². The van der Waals surface area contributed by atoms with Crippen molar-refractivity contribution >= 4 is 5.97 Å². The molecule has 0 unspecified atom stereocenters. The van der Waals surface area contributed by atoms with Crippen LogP contribution < -0.4 is 0 Å². The lowest BCUT2D eigenvalue weighted by Crippen LogP contribution is -2.61. The van der Waals surface area contributed by atoms with Gasteiger partial charge in [-0.15, -0.1) is 0 Å². The molecular formula is C13H15F2NO3. The van der Waals surface area contributed by atoms with Gasteiger partial charge in [-0.25, -0.2) is 13.6 Å². The zero-order valence-corrected chi connectivity index (χ0v) is 10.5. The minimum Gasteiger partial charge on any atom is -0.480 e. The average Bonchev–Trinajstić information content (AvgIpc) is 2.29. The SMILES string of the molecule is CC1(OCC(=O)O)CN(Cc2ccc(F)c(F)c2)C1. The zero-order chi connectivity index (χ0) is 14.0. The molecule has 2 rings (SSSR count). The van der Waals surface area contributed by atoms with Crippen LogP contribution in [0.5, 0.6) is 0 Å². The predicted molar refractivity (Wildman–Crippen MR) is 63.6 cm³/mol. The van der Waals surface area contributed by atoms with E-state index in [2.05, 4.69) is 0 Å². The van der Waals surface area contributed by atoms with E-state index in [-0.39, 0.29) is 6.61 Å². The lowest BCUT2D eigenvalue weighted by Gasteiger charge is -2.47. The highest BCUT2D eigenvalue weighted by Gasteiger charge is 2.39. The molecule has 0 atom stereocenters. The van der Waals surface area contributed by atoms with Crippen LogP contribution in [0.15, 0.2) is 18.2 Å². The second kappa shape index (κ2) is 5.22. The molecule has 1 saturated heterocycles. The van der Waals surface area contributed by atoms with E-state index in [1.165, 1.54) is 12.1 Å². The maximum atomic E-state index is 13.0. The summed E-state index contributed by atoms with van der Waals surface area (Å²) >= 11 is 0. The van der Waals surface area contributed by atoms with E-state index in [0.29, 0.717) is 25.2 Å². The van der Waals surface area contributed by atoms with Crippen molar-refractivity contribution in [3.05, 3.63) is 35.4 Å². The third-order valence-corrected chi connectivity index (χ3v) is 3.05. The summed E-state index contributed by atoms with van der Waals surface area (Å²) in [7, 11) is 0. The Morgan fingerprint density at radius 1 is 1.42 bits per heavy atom. The number of rotatable bonds is 5. The number of nitrogens with zero attached hydrogens (tertiary/aromatic N) is 1. The van der Waals surface area contributed by atoms with E-state index in [4.69, 9.17) is 9.84 Å². The number of likely N-dealkylation sites (tertiary alicyclic amines) is 1. The molecule has 1 aromatic rings. The fourth-order valence-corrected chi connectivity index (χ4v) is 2.23. The fraction of sp³-hybridized carbons (Fsp3) is 0.462. The van der Waals surface area contributed by atoms with Crippen LogP contribution in [0, 0.1) is 11.6 Å². The molecule has 4 nitrogen and oxygen atoms in total. The van der Waals surface area contributed by atoms with Crippen LogP contribution in [0.4, 0.5) is 8.78 Å². The van der Waals surface area contributed by atoms with Crippen LogP contribution in [0.25, 0.3) is 0 Å². The second-order valence-electron chi connectivity index (χ2n) is 5.03. The van der Waals surface area contributed by atoms with Gasteiger partial charge in [0.15, 0.2) is 11.6 Å². The molecule has 1 fully saturated rings. The Balaban J connectivity index is 1.84. The summed E-state index contributed by atoms with van der Waals surface area (Å²) < 4.78 is 31.1. The number of hydrogen-bond acceptors (Lipinski definition) is 3. The van der Waals surface area contributed by atoms with E-state index in [1.807, 2.05) is 11.8 Å². The minimum absolute atomic E-state index is 0.324. The van der Waals surface area contributed by atoms with Gasteiger partial charge in [-0.3, -0.25) is 4.90 Å². The van der Waals surface area contributed by atoms with Crippen LogP contribution in [0.1, 0.15) is 12.5 Å². The van der Waals surface area contributed by atoms with Crippen molar-refractivity contribution in [1.29, 1.82) is 0 Å². The molecule has 0 aromatic heterocycles. The van der Waals surface area contributed by atoms with Crippen LogP contribution in [0.2, 0.25) is 0 Å².